The van der Waals surface area contributed by atoms with Gasteiger partial charge in [-0.2, -0.15) is 0 Å². The van der Waals surface area contributed by atoms with Gasteiger partial charge in [0.05, 0.1) is 55.9 Å². The number of nitrogens with one attached hydrogen (secondary N) is 1. The van der Waals surface area contributed by atoms with Crippen molar-refractivity contribution in [3.05, 3.63) is 21.8 Å². The summed E-state index contributed by atoms with van der Waals surface area (Å²) >= 11 is 5.51. The van der Waals surface area contributed by atoms with Crippen LogP contribution < -0.4 is 11.1 Å². The lowest BCUT2D eigenvalue weighted by molar-refractivity contribution is -0.120. The van der Waals surface area contributed by atoms with Gasteiger partial charge in [0.15, 0.2) is 5.78 Å². The Bertz CT molecular complexity index is 828. The van der Waals surface area contributed by atoms with Crippen molar-refractivity contribution in [2.24, 2.45) is 5.73 Å². The molecule has 1 rings (SSSR count). The number of aliphatic hydroxyl groups excluding tert-OH is 5. The SMILES string of the molecule is NC(=O)c1c(I)c(NCC(=O)CO)c(I)c(C(=O)N(CC(O)CO)CC(O)CO)c1I. The lowest BCUT2D eigenvalue weighted by atomic mass is 10.1. The summed E-state index contributed by atoms with van der Waals surface area (Å²) < 4.78 is 0.942. The summed E-state index contributed by atoms with van der Waals surface area (Å²) in [5, 5.41) is 49.7. The first-order chi connectivity index (χ1) is 14.5. The van der Waals surface area contributed by atoms with Gasteiger partial charge in [-0.25, -0.2) is 0 Å². The number of Topliss-reactive ketones (excluding diaryl/α,β-unsaturated/α-hetero) is 1. The molecule has 1 aromatic carbocycles. The van der Waals surface area contributed by atoms with Crippen LogP contribution in [0, 0.1) is 10.7 Å². The van der Waals surface area contributed by atoms with Gasteiger partial charge in [0.2, 0.25) is 0 Å². The largest absolute Gasteiger partial charge is 0.394 e. The number of nitrogens with zero attached hydrogens (tertiary/aromatic N) is 1. The maximum absolute atomic E-state index is 13.4. The molecule has 2 amide bonds. The number of halogens is 3. The molecule has 0 heterocycles. The number of hydrogen-bond acceptors (Lipinski definition) is 9. The molecule has 14 heteroatoms. The van der Waals surface area contributed by atoms with E-state index in [4.69, 9.17) is 21.1 Å². The Morgan fingerprint density at radius 2 is 1.39 bits per heavy atom. The number of ketones is 1. The summed E-state index contributed by atoms with van der Waals surface area (Å²) in [4.78, 5) is 38.0. The second-order valence-electron chi connectivity index (χ2n) is 6.36. The first kappa shape index (κ1) is 28.7. The van der Waals surface area contributed by atoms with Crippen molar-refractivity contribution < 1.29 is 39.9 Å². The van der Waals surface area contributed by atoms with Gasteiger partial charge in [0.1, 0.15) is 6.61 Å². The van der Waals surface area contributed by atoms with E-state index in [2.05, 4.69) is 5.32 Å². The Hall–Kier alpha value is -0.380. The highest BCUT2D eigenvalue weighted by Gasteiger charge is 2.31. The predicted octanol–water partition coefficient (Wildman–Crippen LogP) is -1.28. The minimum absolute atomic E-state index is 0.0321. The molecule has 8 N–H and O–H groups in total. The predicted molar refractivity (Wildman–Crippen MR) is 136 cm³/mol. The average molecular weight is 777 g/mol. The number of carbonyl (C=O) groups excluding carboxylic acids is 3. The molecule has 2 unspecified atom stereocenters. The maximum Gasteiger partial charge on any atom is 0.256 e. The fourth-order valence-electron chi connectivity index (χ4n) is 2.49. The average Bonchev–Trinajstić information content (AvgIpc) is 2.71. The molecule has 0 aliphatic carbocycles. The van der Waals surface area contributed by atoms with Gasteiger partial charge in [-0.05, 0) is 67.8 Å². The zero-order valence-corrected chi connectivity index (χ0v) is 22.5. The van der Waals surface area contributed by atoms with E-state index in [0.29, 0.717) is 7.14 Å². The summed E-state index contributed by atoms with van der Waals surface area (Å²) in [5.41, 5.74) is 5.86. The Morgan fingerprint density at radius 3 is 1.81 bits per heavy atom. The molecule has 11 nitrogen and oxygen atoms in total. The van der Waals surface area contributed by atoms with Gasteiger partial charge in [-0.15, -0.1) is 0 Å². The van der Waals surface area contributed by atoms with Gasteiger partial charge in [0, 0.05) is 16.7 Å². The van der Waals surface area contributed by atoms with Crippen LogP contribution in [-0.4, -0.2) is 99.7 Å². The highest BCUT2D eigenvalue weighted by Crippen LogP contribution is 2.36. The maximum atomic E-state index is 13.4. The van der Waals surface area contributed by atoms with Crippen LogP contribution in [0.1, 0.15) is 20.7 Å². The monoisotopic (exact) mass is 777 g/mol. The molecule has 0 bridgehead atoms. The van der Waals surface area contributed by atoms with E-state index in [1.54, 1.807) is 22.6 Å². The van der Waals surface area contributed by atoms with Crippen molar-refractivity contribution in [1.82, 2.24) is 4.90 Å². The van der Waals surface area contributed by atoms with E-state index in [1.165, 1.54) is 0 Å². The van der Waals surface area contributed by atoms with E-state index in [-0.39, 0.29) is 40.0 Å². The Balaban J connectivity index is 3.61. The van der Waals surface area contributed by atoms with Crippen LogP contribution in [0.15, 0.2) is 0 Å². The molecule has 0 aromatic heterocycles. The van der Waals surface area contributed by atoms with Crippen LogP contribution in [-0.2, 0) is 4.79 Å². The molecular weight excluding hydrogens is 755 g/mol. The molecular formula is C17H22I3N3O8. The van der Waals surface area contributed by atoms with Crippen LogP contribution >= 0.6 is 67.8 Å². The van der Waals surface area contributed by atoms with E-state index in [9.17, 15) is 24.6 Å². The van der Waals surface area contributed by atoms with Crippen molar-refractivity contribution in [2.45, 2.75) is 12.2 Å². The summed E-state index contributed by atoms with van der Waals surface area (Å²) in [6.45, 7) is -2.91. The van der Waals surface area contributed by atoms with Crippen LogP contribution in [0.2, 0.25) is 0 Å². The number of primary amides is 1. The molecule has 2 atom stereocenters. The fraction of sp³-hybridized carbons (Fsp3) is 0.471. The van der Waals surface area contributed by atoms with E-state index >= 15 is 0 Å². The van der Waals surface area contributed by atoms with Crippen LogP contribution in [0.25, 0.3) is 0 Å². The molecule has 0 fully saturated rings. The number of nitrogens with two attached hydrogens (primary N) is 1. The minimum atomic E-state index is -1.30. The second-order valence-corrected chi connectivity index (χ2v) is 9.60. The molecule has 1 aromatic rings. The van der Waals surface area contributed by atoms with E-state index in [0.717, 1.165) is 4.90 Å². The first-order valence-electron chi connectivity index (χ1n) is 8.73. The first-order valence-corrected chi connectivity index (χ1v) is 12.0. The number of aliphatic hydroxyl groups is 5. The van der Waals surface area contributed by atoms with Crippen molar-refractivity contribution in [2.75, 3.05) is 44.8 Å². The molecule has 0 radical (unpaired) electrons. The number of rotatable bonds is 12. The van der Waals surface area contributed by atoms with Crippen molar-refractivity contribution in [1.29, 1.82) is 0 Å². The highest BCUT2D eigenvalue weighted by atomic mass is 127. The zero-order valence-electron chi connectivity index (χ0n) is 16.0. The van der Waals surface area contributed by atoms with Gasteiger partial charge in [0.25, 0.3) is 11.8 Å². The Kier molecular flexibility index (Phi) is 12.3. The summed E-state index contributed by atoms with van der Waals surface area (Å²) in [5.74, 6) is -2.02. The summed E-state index contributed by atoms with van der Waals surface area (Å²) in [6, 6.07) is 0. The molecule has 31 heavy (non-hydrogen) atoms. The lowest BCUT2D eigenvalue weighted by Gasteiger charge is -2.28. The highest BCUT2D eigenvalue weighted by molar-refractivity contribution is 14.1. The Morgan fingerprint density at radius 1 is 0.903 bits per heavy atom. The quantitative estimate of drug-likeness (QED) is 0.127. The standard InChI is InChI=1S/C17H22I3N3O8/c18-12-10(16(21)30)13(19)15(22-1-7(27)4-24)14(20)11(12)17(31)23(2-8(28)5-25)3-9(29)6-26/h8-9,22,24-26,28-29H,1-6H2,(H2,21,30). The van der Waals surface area contributed by atoms with Crippen molar-refractivity contribution in [3.63, 3.8) is 0 Å². The van der Waals surface area contributed by atoms with E-state index < -0.39 is 49.6 Å². The molecule has 0 saturated carbocycles. The number of amides is 2. The lowest BCUT2D eigenvalue weighted by Crippen LogP contribution is -2.44. The molecule has 0 spiro atoms. The Labute approximate surface area is 218 Å². The number of hydrogen-bond donors (Lipinski definition) is 7. The molecule has 174 valence electrons. The summed E-state index contributed by atoms with van der Waals surface area (Å²) in [6.07, 6.45) is -2.60. The number of benzene rings is 1. The third-order valence-corrected chi connectivity index (χ3v) is 7.22. The molecule has 0 aliphatic heterocycles. The van der Waals surface area contributed by atoms with Gasteiger partial charge in [-0.3, -0.25) is 14.4 Å². The summed E-state index contributed by atoms with van der Waals surface area (Å²) in [7, 11) is 0. The fourth-order valence-corrected chi connectivity index (χ4v) is 7.03. The van der Waals surface area contributed by atoms with Crippen LogP contribution in [0.5, 0.6) is 0 Å². The van der Waals surface area contributed by atoms with Gasteiger partial charge < -0.3 is 41.5 Å². The molecule has 0 saturated heterocycles. The zero-order chi connectivity index (χ0) is 23.9. The smallest absolute Gasteiger partial charge is 0.256 e. The number of anilines is 1. The molecule has 0 aliphatic rings. The van der Waals surface area contributed by atoms with Crippen molar-refractivity contribution in [3.8, 4) is 0 Å². The topological polar surface area (TPSA) is 194 Å². The number of carbonyl (C=O) groups is 3. The second kappa shape index (κ2) is 13.4. The van der Waals surface area contributed by atoms with Crippen LogP contribution in [0.3, 0.4) is 0 Å². The van der Waals surface area contributed by atoms with Gasteiger partial charge in [-0.1, -0.05) is 0 Å². The third kappa shape index (κ3) is 7.57. The van der Waals surface area contributed by atoms with Crippen molar-refractivity contribution >= 4 is 91.1 Å². The normalized spacial score (nSPS) is 12.9. The van der Waals surface area contributed by atoms with E-state index in [1.807, 2.05) is 45.2 Å². The minimum Gasteiger partial charge on any atom is -0.394 e. The van der Waals surface area contributed by atoms with Crippen LogP contribution in [0.4, 0.5) is 5.69 Å². The third-order valence-electron chi connectivity index (χ3n) is 3.99. The van der Waals surface area contributed by atoms with Gasteiger partial charge >= 0.3 is 0 Å².